The van der Waals surface area contributed by atoms with Gasteiger partial charge in [0.05, 0.1) is 10.4 Å². The molecule has 0 unspecified atom stereocenters. The van der Waals surface area contributed by atoms with Gasteiger partial charge in [-0.15, -0.1) is 11.3 Å². The van der Waals surface area contributed by atoms with Gasteiger partial charge in [0.2, 0.25) is 0 Å². The number of aromatic nitrogens is 1. The minimum Gasteiger partial charge on any atom is -0.258 e. The molecule has 0 N–H and O–H groups in total. The number of benzene rings is 1. The molecule has 6 heteroatoms. The highest BCUT2D eigenvalue weighted by molar-refractivity contribution is 7.07. The lowest BCUT2D eigenvalue weighted by Gasteiger charge is -1.90. The second-order valence-corrected chi connectivity index (χ2v) is 3.55. The minimum absolute atomic E-state index is 0.0517. The first-order chi connectivity index (χ1) is 7.22. The molecule has 0 amide bonds. The van der Waals surface area contributed by atoms with Crippen molar-refractivity contribution in [1.82, 2.24) is 4.98 Å². The molecule has 2 rings (SSSR count). The van der Waals surface area contributed by atoms with Crippen LogP contribution in [-0.4, -0.2) is 9.91 Å². The van der Waals surface area contributed by atoms with Gasteiger partial charge in [-0.05, 0) is 6.07 Å². The smallest absolute Gasteiger partial charge is 0.258 e. The SMILES string of the molecule is O=[N+]([O-])c1ccccc1Cl.c1cscn1. The molecule has 2 aromatic rings. The van der Waals surface area contributed by atoms with Crippen LogP contribution in [0.5, 0.6) is 0 Å². The van der Waals surface area contributed by atoms with Crippen LogP contribution in [0.4, 0.5) is 5.69 Å². The van der Waals surface area contributed by atoms with E-state index in [-0.39, 0.29) is 10.7 Å². The minimum atomic E-state index is -0.512. The first-order valence-corrected chi connectivity index (χ1v) is 5.25. The summed E-state index contributed by atoms with van der Waals surface area (Å²) in [4.78, 5) is 13.4. The second kappa shape index (κ2) is 6.10. The molecule has 0 radical (unpaired) electrons. The van der Waals surface area contributed by atoms with Gasteiger partial charge in [-0.3, -0.25) is 15.1 Å². The predicted molar refractivity (Wildman–Crippen MR) is 60.2 cm³/mol. The maximum Gasteiger partial charge on any atom is 0.287 e. The molecule has 78 valence electrons. The van der Waals surface area contributed by atoms with Crippen molar-refractivity contribution in [3.63, 3.8) is 0 Å². The van der Waals surface area contributed by atoms with E-state index in [1.165, 1.54) is 12.1 Å². The molecule has 0 bridgehead atoms. The number of halogens is 1. The summed E-state index contributed by atoms with van der Waals surface area (Å²) >= 11 is 7.08. The van der Waals surface area contributed by atoms with Crippen molar-refractivity contribution in [3.8, 4) is 0 Å². The van der Waals surface area contributed by atoms with Gasteiger partial charge in [-0.25, -0.2) is 0 Å². The van der Waals surface area contributed by atoms with Crippen LogP contribution in [0.25, 0.3) is 0 Å². The lowest BCUT2D eigenvalue weighted by atomic mass is 10.3. The van der Waals surface area contributed by atoms with Gasteiger partial charge in [0.1, 0.15) is 5.02 Å². The Morgan fingerprint density at radius 2 is 2.13 bits per heavy atom. The monoisotopic (exact) mass is 242 g/mol. The number of nitrogens with zero attached hydrogens (tertiary/aromatic N) is 2. The molecule has 15 heavy (non-hydrogen) atoms. The molecule has 0 saturated heterocycles. The van der Waals surface area contributed by atoms with Gasteiger partial charge in [-0.1, -0.05) is 23.7 Å². The zero-order chi connectivity index (χ0) is 11.1. The van der Waals surface area contributed by atoms with Gasteiger partial charge in [0.25, 0.3) is 5.69 Å². The zero-order valence-electron chi connectivity index (χ0n) is 7.54. The van der Waals surface area contributed by atoms with E-state index in [0.29, 0.717) is 0 Å². The van der Waals surface area contributed by atoms with Crippen LogP contribution in [0.15, 0.2) is 41.4 Å². The van der Waals surface area contributed by atoms with Gasteiger partial charge >= 0.3 is 0 Å². The lowest BCUT2D eigenvalue weighted by molar-refractivity contribution is -0.384. The first kappa shape index (κ1) is 11.6. The fourth-order valence-corrected chi connectivity index (χ4v) is 1.33. The topological polar surface area (TPSA) is 56.0 Å². The van der Waals surface area contributed by atoms with Crippen molar-refractivity contribution in [2.24, 2.45) is 0 Å². The second-order valence-electron chi connectivity index (χ2n) is 2.38. The van der Waals surface area contributed by atoms with Gasteiger partial charge < -0.3 is 0 Å². The lowest BCUT2D eigenvalue weighted by Crippen LogP contribution is -1.87. The van der Waals surface area contributed by atoms with Crippen molar-refractivity contribution in [2.75, 3.05) is 0 Å². The molecule has 0 spiro atoms. The van der Waals surface area contributed by atoms with Crippen LogP contribution >= 0.6 is 22.9 Å². The number of nitro groups is 1. The van der Waals surface area contributed by atoms with Crippen molar-refractivity contribution < 1.29 is 4.92 Å². The summed E-state index contributed by atoms with van der Waals surface area (Å²) in [5.74, 6) is 0. The summed E-state index contributed by atoms with van der Waals surface area (Å²) in [7, 11) is 0. The van der Waals surface area contributed by atoms with E-state index in [0.717, 1.165) is 0 Å². The van der Waals surface area contributed by atoms with Crippen molar-refractivity contribution >= 4 is 28.6 Å². The molecule has 0 atom stereocenters. The molecule has 1 heterocycles. The molecular weight excluding hydrogens is 236 g/mol. The first-order valence-electron chi connectivity index (χ1n) is 3.93. The van der Waals surface area contributed by atoms with Crippen LogP contribution < -0.4 is 0 Å². The number of para-hydroxylation sites is 1. The fraction of sp³-hybridized carbons (Fsp3) is 0. The van der Waals surface area contributed by atoms with Crippen LogP contribution in [0, 0.1) is 10.1 Å². The van der Waals surface area contributed by atoms with E-state index in [9.17, 15) is 10.1 Å². The molecule has 1 aromatic carbocycles. The normalized spacial score (nSPS) is 8.87. The molecule has 0 aliphatic heterocycles. The van der Waals surface area contributed by atoms with Crippen molar-refractivity contribution in [2.45, 2.75) is 0 Å². The quantitative estimate of drug-likeness (QED) is 0.569. The Morgan fingerprint density at radius 3 is 2.47 bits per heavy atom. The zero-order valence-corrected chi connectivity index (χ0v) is 9.11. The highest BCUT2D eigenvalue weighted by atomic mass is 35.5. The third-order valence-corrected chi connectivity index (χ3v) is 2.24. The van der Waals surface area contributed by atoms with Gasteiger partial charge in [0, 0.05) is 17.6 Å². The highest BCUT2D eigenvalue weighted by Gasteiger charge is 2.08. The molecule has 0 saturated carbocycles. The van der Waals surface area contributed by atoms with E-state index in [1.54, 1.807) is 35.2 Å². The van der Waals surface area contributed by atoms with E-state index in [4.69, 9.17) is 11.6 Å². The van der Waals surface area contributed by atoms with Gasteiger partial charge in [-0.2, -0.15) is 0 Å². The van der Waals surface area contributed by atoms with Crippen LogP contribution in [0.1, 0.15) is 0 Å². The maximum absolute atomic E-state index is 10.1. The van der Waals surface area contributed by atoms with Crippen LogP contribution in [-0.2, 0) is 0 Å². The van der Waals surface area contributed by atoms with Crippen LogP contribution in [0.2, 0.25) is 5.02 Å². The Kier molecular flexibility index (Phi) is 4.73. The van der Waals surface area contributed by atoms with E-state index < -0.39 is 4.92 Å². The Labute approximate surface area is 95.3 Å². The number of hydrogen-bond acceptors (Lipinski definition) is 4. The summed E-state index contributed by atoms with van der Waals surface area (Å²) in [5.41, 5.74) is 1.74. The van der Waals surface area contributed by atoms with Crippen molar-refractivity contribution in [3.05, 3.63) is 56.5 Å². The summed E-state index contributed by atoms with van der Waals surface area (Å²) in [6.45, 7) is 0. The number of nitro benzene ring substituents is 1. The third kappa shape index (κ3) is 4.05. The summed E-state index contributed by atoms with van der Waals surface area (Å²) < 4.78 is 0. The molecule has 1 aromatic heterocycles. The largest absolute Gasteiger partial charge is 0.287 e. The number of hydrogen-bond donors (Lipinski definition) is 0. The summed E-state index contributed by atoms with van der Waals surface area (Å²) in [5, 5.41) is 12.2. The average Bonchev–Trinajstić information content (AvgIpc) is 2.75. The van der Waals surface area contributed by atoms with Gasteiger partial charge in [0.15, 0.2) is 0 Å². The third-order valence-electron chi connectivity index (χ3n) is 1.40. The summed E-state index contributed by atoms with van der Waals surface area (Å²) in [6, 6.07) is 6.07. The molecular formula is C9H7ClN2O2S. The van der Waals surface area contributed by atoms with E-state index in [1.807, 2.05) is 5.38 Å². The number of rotatable bonds is 1. The fourth-order valence-electron chi connectivity index (χ4n) is 0.775. The predicted octanol–water partition coefficient (Wildman–Crippen LogP) is 3.39. The van der Waals surface area contributed by atoms with Crippen LogP contribution in [0.3, 0.4) is 0 Å². The Bertz CT molecular complexity index is 403. The number of thiazole rings is 1. The van der Waals surface area contributed by atoms with E-state index >= 15 is 0 Å². The molecule has 0 aliphatic rings. The Hall–Kier alpha value is -1.46. The Balaban J connectivity index is 0.000000187. The molecule has 4 nitrogen and oxygen atoms in total. The standard InChI is InChI=1S/C6H4ClNO2.C3H3NS/c7-5-3-1-2-4-6(5)8(9)10;1-2-5-3-4-1/h1-4H;1-3H. The average molecular weight is 243 g/mol. The maximum atomic E-state index is 10.1. The van der Waals surface area contributed by atoms with Crippen molar-refractivity contribution in [1.29, 1.82) is 0 Å². The Morgan fingerprint density at radius 1 is 1.40 bits per heavy atom. The summed E-state index contributed by atoms with van der Waals surface area (Å²) in [6.07, 6.45) is 1.77. The highest BCUT2D eigenvalue weighted by Crippen LogP contribution is 2.21. The molecule has 0 aliphatic carbocycles. The van der Waals surface area contributed by atoms with E-state index in [2.05, 4.69) is 4.98 Å². The molecule has 0 fully saturated rings.